The van der Waals surface area contributed by atoms with E-state index in [2.05, 4.69) is 21.0 Å². The number of aryl methyl sites for hydroxylation is 1. The number of hydrogen-bond donors (Lipinski definition) is 4. The molecule has 40 heavy (non-hydrogen) atoms. The van der Waals surface area contributed by atoms with Crippen LogP contribution in [0.2, 0.25) is 5.02 Å². The van der Waals surface area contributed by atoms with Crippen LogP contribution >= 0.6 is 11.6 Å². The van der Waals surface area contributed by atoms with Crippen LogP contribution in [0.1, 0.15) is 41.4 Å². The lowest BCUT2D eigenvalue weighted by atomic mass is 10.00. The smallest absolute Gasteiger partial charge is 0.251 e. The van der Waals surface area contributed by atoms with Gasteiger partial charge in [0.2, 0.25) is 10.0 Å². The van der Waals surface area contributed by atoms with E-state index in [0.717, 1.165) is 12.0 Å². The van der Waals surface area contributed by atoms with Crippen molar-refractivity contribution >= 4 is 38.9 Å². The van der Waals surface area contributed by atoms with E-state index in [-0.39, 0.29) is 12.3 Å². The minimum atomic E-state index is -3.45. The number of nitrogens with zero attached hydrogens (tertiary/aromatic N) is 3. The first-order chi connectivity index (χ1) is 19.2. The van der Waals surface area contributed by atoms with Crippen LogP contribution in [-0.4, -0.2) is 66.7 Å². The molecule has 1 amide bonds. The summed E-state index contributed by atoms with van der Waals surface area (Å²) in [6.07, 6.45) is 2.57. The van der Waals surface area contributed by atoms with Crippen LogP contribution in [0.25, 0.3) is 0 Å². The quantitative estimate of drug-likeness (QED) is 0.256. The molecule has 1 fully saturated rings. The summed E-state index contributed by atoms with van der Waals surface area (Å²) in [5.41, 5.74) is 3.05. The molecule has 2 heterocycles. The Morgan fingerprint density at radius 3 is 2.62 bits per heavy atom. The van der Waals surface area contributed by atoms with Crippen LogP contribution in [0.5, 0.6) is 0 Å². The van der Waals surface area contributed by atoms with E-state index in [1.807, 2.05) is 37.3 Å². The molecule has 0 aliphatic carbocycles. The molecule has 1 aliphatic rings. The van der Waals surface area contributed by atoms with E-state index >= 15 is 0 Å². The molecule has 0 spiro atoms. The van der Waals surface area contributed by atoms with Crippen molar-refractivity contribution in [1.82, 2.24) is 20.4 Å². The fraction of sp³-hybridized carbons (Fsp3) is 0.429. The van der Waals surface area contributed by atoms with Crippen LogP contribution < -0.4 is 20.3 Å². The Labute approximate surface area is 240 Å². The van der Waals surface area contributed by atoms with E-state index < -0.39 is 28.1 Å². The first kappa shape index (κ1) is 29.9. The highest BCUT2D eigenvalue weighted by Crippen LogP contribution is 2.28. The average Bonchev–Trinajstić information content (AvgIpc) is 3.24. The Hall–Kier alpha value is -3.12. The van der Waals surface area contributed by atoms with Gasteiger partial charge in [-0.2, -0.15) is 5.10 Å². The van der Waals surface area contributed by atoms with Gasteiger partial charge in [0.1, 0.15) is 0 Å². The van der Waals surface area contributed by atoms with Crippen molar-refractivity contribution in [3.05, 3.63) is 76.6 Å². The molecule has 0 saturated carbocycles. The molecule has 1 aromatic heterocycles. The van der Waals surface area contributed by atoms with Gasteiger partial charge in [-0.05, 0) is 49.9 Å². The van der Waals surface area contributed by atoms with Gasteiger partial charge in [0, 0.05) is 50.7 Å². The van der Waals surface area contributed by atoms with Crippen LogP contribution in [0, 0.1) is 0 Å². The first-order valence-electron chi connectivity index (χ1n) is 13.5. The van der Waals surface area contributed by atoms with Crippen LogP contribution in [0.3, 0.4) is 0 Å². The molecular formula is C28H37ClN6O4S. The maximum absolute atomic E-state index is 13.6. The maximum atomic E-state index is 13.6. The molecule has 0 radical (unpaired) electrons. The minimum Gasteiger partial charge on any atom is -0.390 e. The van der Waals surface area contributed by atoms with Gasteiger partial charge in [-0.25, -0.2) is 8.42 Å². The maximum Gasteiger partial charge on any atom is 0.251 e. The zero-order valence-corrected chi connectivity index (χ0v) is 24.4. The van der Waals surface area contributed by atoms with E-state index in [4.69, 9.17) is 11.6 Å². The van der Waals surface area contributed by atoms with Gasteiger partial charge in [0.05, 0.1) is 34.3 Å². The van der Waals surface area contributed by atoms with E-state index in [9.17, 15) is 18.3 Å². The summed E-state index contributed by atoms with van der Waals surface area (Å²) in [7, 11) is -1.67. The molecule has 0 unspecified atom stereocenters. The lowest BCUT2D eigenvalue weighted by Gasteiger charge is -2.29. The number of carbonyl (C=O) groups is 1. The van der Waals surface area contributed by atoms with Gasteiger partial charge in [-0.15, -0.1) is 0 Å². The summed E-state index contributed by atoms with van der Waals surface area (Å²) in [4.78, 5) is 13.6. The molecule has 0 bridgehead atoms. The number of aliphatic hydroxyl groups is 1. The lowest BCUT2D eigenvalue weighted by molar-refractivity contribution is 0.0830. The number of anilines is 2. The monoisotopic (exact) mass is 588 g/mol. The third-order valence-electron chi connectivity index (χ3n) is 6.78. The van der Waals surface area contributed by atoms with Gasteiger partial charge in [-0.3, -0.25) is 13.8 Å². The molecule has 2 atom stereocenters. The Balaban J connectivity index is 1.54. The summed E-state index contributed by atoms with van der Waals surface area (Å²) in [6.45, 7) is 3.47. The third-order valence-corrected chi connectivity index (χ3v) is 8.96. The largest absolute Gasteiger partial charge is 0.390 e. The number of rotatable bonds is 12. The standard InChI is InChI=1S/C28H37ClN6O4S/c1-3-31-22-14-21(15-23(16-22)35-11-7-8-12-40(35,38)39)28(37)32-25(13-20-9-5-4-6-10-20)27(36)18-30-17-26-24(29)19-34(2)33-26/h4-6,9-10,14-16,19,25,27,30-31,36H,3,7-8,11-13,17-18H2,1-2H3,(H,32,37)/t25-,27+/m0/s1. The number of halogens is 1. The highest BCUT2D eigenvalue weighted by molar-refractivity contribution is 7.92. The second kappa shape index (κ2) is 13.5. The number of carbonyl (C=O) groups excluding carboxylic acids is 1. The fourth-order valence-corrected chi connectivity index (χ4v) is 6.65. The van der Waals surface area contributed by atoms with Crippen molar-refractivity contribution in [3.63, 3.8) is 0 Å². The summed E-state index contributed by atoms with van der Waals surface area (Å²) >= 11 is 6.20. The molecule has 2 aromatic carbocycles. The Bertz CT molecular complexity index is 1400. The zero-order valence-electron chi connectivity index (χ0n) is 22.8. The predicted octanol–water partition coefficient (Wildman–Crippen LogP) is 2.93. The number of hydrogen-bond acceptors (Lipinski definition) is 7. The molecule has 4 N–H and O–H groups in total. The average molecular weight is 589 g/mol. The molecule has 12 heteroatoms. The molecule has 1 saturated heterocycles. The topological polar surface area (TPSA) is 129 Å². The summed E-state index contributed by atoms with van der Waals surface area (Å²) < 4.78 is 28.6. The van der Waals surface area contributed by atoms with Crippen molar-refractivity contribution < 1.29 is 18.3 Å². The van der Waals surface area contributed by atoms with Crippen molar-refractivity contribution in [3.8, 4) is 0 Å². The van der Waals surface area contributed by atoms with Crippen molar-refractivity contribution in [2.24, 2.45) is 7.05 Å². The number of aliphatic hydroxyl groups excluding tert-OH is 1. The van der Waals surface area contributed by atoms with Gasteiger partial charge in [-0.1, -0.05) is 41.9 Å². The Morgan fingerprint density at radius 1 is 1.18 bits per heavy atom. The second-order valence-corrected chi connectivity index (χ2v) is 12.4. The predicted molar refractivity (Wildman–Crippen MR) is 158 cm³/mol. The van der Waals surface area contributed by atoms with Gasteiger partial charge in [0.15, 0.2) is 0 Å². The highest BCUT2D eigenvalue weighted by Gasteiger charge is 2.28. The van der Waals surface area contributed by atoms with Gasteiger partial charge >= 0.3 is 0 Å². The lowest BCUT2D eigenvalue weighted by Crippen LogP contribution is -2.48. The number of nitrogens with one attached hydrogen (secondary N) is 3. The van der Waals surface area contributed by atoms with Crippen molar-refractivity contribution in [2.75, 3.05) is 35.0 Å². The molecule has 216 valence electrons. The number of aromatic nitrogens is 2. The number of benzene rings is 2. The molecule has 10 nitrogen and oxygen atoms in total. The fourth-order valence-electron chi connectivity index (χ4n) is 4.78. The van der Waals surface area contributed by atoms with Crippen LogP contribution in [-0.2, 0) is 30.0 Å². The molecule has 4 rings (SSSR count). The Kier molecular flexibility index (Phi) is 10.1. The summed E-state index contributed by atoms with van der Waals surface area (Å²) in [6, 6.07) is 14.1. The normalized spacial score (nSPS) is 16.4. The zero-order chi connectivity index (χ0) is 28.7. The highest BCUT2D eigenvalue weighted by atomic mass is 35.5. The first-order valence-corrected chi connectivity index (χ1v) is 15.5. The van der Waals surface area contributed by atoms with Crippen molar-refractivity contribution in [1.29, 1.82) is 0 Å². The Morgan fingerprint density at radius 2 is 1.95 bits per heavy atom. The number of amides is 1. The van der Waals surface area contributed by atoms with E-state index in [1.54, 1.807) is 36.1 Å². The van der Waals surface area contributed by atoms with Crippen molar-refractivity contribution in [2.45, 2.75) is 44.9 Å². The minimum absolute atomic E-state index is 0.0853. The SMILES string of the molecule is CCNc1cc(C(=O)N[C@@H](Cc2ccccc2)[C@H](O)CNCc2nn(C)cc2Cl)cc(N2CCCCS2(=O)=O)c1. The van der Waals surface area contributed by atoms with E-state index in [0.29, 0.717) is 60.1 Å². The number of sulfonamides is 1. The molecule has 1 aliphatic heterocycles. The molecular weight excluding hydrogens is 552 g/mol. The third kappa shape index (κ3) is 7.75. The molecule has 3 aromatic rings. The van der Waals surface area contributed by atoms with Gasteiger partial charge in [0.25, 0.3) is 5.91 Å². The summed E-state index contributed by atoms with van der Waals surface area (Å²) in [5, 5.41) is 25.4. The van der Waals surface area contributed by atoms with Crippen LogP contribution in [0.15, 0.2) is 54.7 Å². The van der Waals surface area contributed by atoms with E-state index in [1.165, 1.54) is 4.31 Å². The summed E-state index contributed by atoms with van der Waals surface area (Å²) in [5.74, 6) is -0.315. The van der Waals surface area contributed by atoms with Crippen LogP contribution in [0.4, 0.5) is 11.4 Å². The second-order valence-electron chi connectivity index (χ2n) is 9.96. The van der Waals surface area contributed by atoms with Gasteiger partial charge < -0.3 is 21.1 Å².